The van der Waals surface area contributed by atoms with Crippen molar-refractivity contribution in [3.63, 3.8) is 0 Å². The third kappa shape index (κ3) is 3.32. The van der Waals surface area contributed by atoms with Crippen molar-refractivity contribution in [3.05, 3.63) is 21.4 Å². The van der Waals surface area contributed by atoms with E-state index in [9.17, 15) is 0 Å². The first-order chi connectivity index (χ1) is 8.06. The summed E-state index contributed by atoms with van der Waals surface area (Å²) in [6, 6.07) is 3.60. The molecule has 1 aliphatic carbocycles. The van der Waals surface area contributed by atoms with Gasteiger partial charge >= 0.3 is 0 Å². The highest BCUT2D eigenvalue weighted by Gasteiger charge is 2.20. The first kappa shape index (κ1) is 13.1. The van der Waals surface area contributed by atoms with Gasteiger partial charge in [0.1, 0.15) is 0 Å². The van der Waals surface area contributed by atoms with Crippen LogP contribution in [0.2, 0.25) is 0 Å². The average Bonchev–Trinajstić information content (AvgIpc) is 2.61. The molecule has 2 heteroatoms. The van der Waals surface area contributed by atoms with Gasteiger partial charge in [-0.1, -0.05) is 6.92 Å². The predicted molar refractivity (Wildman–Crippen MR) is 76.8 cm³/mol. The second-order valence-electron chi connectivity index (χ2n) is 5.71. The number of hydrogen-bond acceptors (Lipinski definition) is 2. The molecule has 1 aromatic rings. The lowest BCUT2D eigenvalue weighted by molar-refractivity contribution is 0.291. The summed E-state index contributed by atoms with van der Waals surface area (Å²) in [4.78, 5) is 2.91. The maximum atomic E-state index is 3.82. The van der Waals surface area contributed by atoms with Crippen LogP contribution in [0.1, 0.15) is 60.9 Å². The van der Waals surface area contributed by atoms with E-state index in [-0.39, 0.29) is 0 Å². The molecular weight excluding hydrogens is 226 g/mol. The smallest absolute Gasteiger partial charge is 0.0305 e. The molecule has 1 N–H and O–H groups in total. The molecule has 1 fully saturated rings. The molecular formula is C15H25NS. The molecule has 0 amide bonds. The molecule has 0 aliphatic heterocycles. The largest absolute Gasteiger partial charge is 0.307 e. The second-order valence-corrected chi connectivity index (χ2v) is 7.17. The molecule has 0 bridgehead atoms. The normalized spacial score (nSPS) is 27.1. The van der Waals surface area contributed by atoms with E-state index in [1.807, 2.05) is 11.3 Å². The summed E-state index contributed by atoms with van der Waals surface area (Å²) in [5, 5.41) is 3.82. The Morgan fingerprint density at radius 2 is 1.88 bits per heavy atom. The van der Waals surface area contributed by atoms with Crippen LogP contribution < -0.4 is 5.32 Å². The van der Waals surface area contributed by atoms with Crippen LogP contribution in [0.5, 0.6) is 0 Å². The number of rotatable bonds is 3. The zero-order valence-corrected chi connectivity index (χ0v) is 12.4. The fraction of sp³-hybridized carbons (Fsp3) is 0.733. The zero-order chi connectivity index (χ0) is 12.4. The summed E-state index contributed by atoms with van der Waals surface area (Å²) in [5.41, 5.74) is 1.51. The van der Waals surface area contributed by atoms with E-state index in [1.165, 1.54) is 41.0 Å². The van der Waals surface area contributed by atoms with Crippen LogP contribution in [0.15, 0.2) is 6.07 Å². The van der Waals surface area contributed by atoms with Crippen molar-refractivity contribution in [2.24, 2.45) is 5.92 Å². The Bertz CT molecular complexity index is 361. The minimum Gasteiger partial charge on any atom is -0.307 e. The second kappa shape index (κ2) is 5.53. The maximum absolute atomic E-state index is 3.82. The molecule has 0 spiro atoms. The Kier molecular flexibility index (Phi) is 4.26. The summed E-state index contributed by atoms with van der Waals surface area (Å²) in [7, 11) is 0. The molecule has 0 aromatic carbocycles. The minimum absolute atomic E-state index is 0.512. The summed E-state index contributed by atoms with van der Waals surface area (Å²) in [5.74, 6) is 0.938. The predicted octanol–water partition coefficient (Wildman–Crippen LogP) is 4.59. The lowest BCUT2D eigenvalue weighted by Crippen LogP contribution is -2.34. The molecule has 0 radical (unpaired) electrons. The van der Waals surface area contributed by atoms with E-state index in [0.717, 1.165) is 12.0 Å². The van der Waals surface area contributed by atoms with Crippen LogP contribution in [0, 0.1) is 19.8 Å². The van der Waals surface area contributed by atoms with Gasteiger partial charge < -0.3 is 5.32 Å². The topological polar surface area (TPSA) is 12.0 Å². The molecule has 1 unspecified atom stereocenters. The SMILES string of the molecule is Cc1cc(C(C)NC2CCC(C)CC2)c(C)s1. The van der Waals surface area contributed by atoms with Gasteiger partial charge in [0.25, 0.3) is 0 Å². The Labute approximate surface area is 110 Å². The molecule has 1 heterocycles. The van der Waals surface area contributed by atoms with Crippen LogP contribution in [0.25, 0.3) is 0 Å². The number of nitrogens with one attached hydrogen (secondary N) is 1. The third-order valence-corrected chi connectivity index (χ3v) is 5.03. The van der Waals surface area contributed by atoms with Crippen molar-refractivity contribution >= 4 is 11.3 Å². The zero-order valence-electron chi connectivity index (χ0n) is 11.5. The fourth-order valence-corrected chi connectivity index (χ4v) is 3.97. The maximum Gasteiger partial charge on any atom is 0.0305 e. The number of hydrogen-bond donors (Lipinski definition) is 1. The Morgan fingerprint density at radius 3 is 2.41 bits per heavy atom. The third-order valence-electron chi connectivity index (χ3n) is 4.05. The Balaban J connectivity index is 1.93. The number of aryl methyl sites for hydroxylation is 2. The standard InChI is InChI=1S/C15H25NS/c1-10-5-7-14(8-6-10)16-12(3)15-9-11(2)17-13(15)4/h9-10,12,14,16H,5-8H2,1-4H3. The lowest BCUT2D eigenvalue weighted by atomic mass is 9.87. The first-order valence-corrected chi connectivity index (χ1v) is 7.71. The van der Waals surface area contributed by atoms with Crippen LogP contribution in [-0.4, -0.2) is 6.04 Å². The lowest BCUT2D eigenvalue weighted by Gasteiger charge is -2.29. The van der Waals surface area contributed by atoms with E-state index in [0.29, 0.717) is 6.04 Å². The number of thiophene rings is 1. The molecule has 0 saturated heterocycles. The molecule has 17 heavy (non-hydrogen) atoms. The first-order valence-electron chi connectivity index (χ1n) is 6.89. The van der Waals surface area contributed by atoms with Gasteiger partial charge in [-0.05, 0) is 64.0 Å². The molecule has 1 aliphatic rings. The monoisotopic (exact) mass is 251 g/mol. The van der Waals surface area contributed by atoms with Crippen molar-refractivity contribution in [1.82, 2.24) is 5.32 Å². The molecule has 1 aromatic heterocycles. The molecule has 1 atom stereocenters. The van der Waals surface area contributed by atoms with Gasteiger partial charge in [-0.25, -0.2) is 0 Å². The highest BCUT2D eigenvalue weighted by Crippen LogP contribution is 2.29. The summed E-state index contributed by atoms with van der Waals surface area (Å²) >= 11 is 1.92. The van der Waals surface area contributed by atoms with Crippen LogP contribution in [0.3, 0.4) is 0 Å². The molecule has 1 saturated carbocycles. The summed E-state index contributed by atoms with van der Waals surface area (Å²) < 4.78 is 0. The summed E-state index contributed by atoms with van der Waals surface area (Å²) in [6.45, 7) is 9.14. The van der Waals surface area contributed by atoms with E-state index in [4.69, 9.17) is 0 Å². The molecule has 1 nitrogen and oxygen atoms in total. The van der Waals surface area contributed by atoms with Crippen LogP contribution >= 0.6 is 11.3 Å². The van der Waals surface area contributed by atoms with E-state index in [1.54, 1.807) is 0 Å². The minimum atomic E-state index is 0.512. The van der Waals surface area contributed by atoms with Gasteiger partial charge in [0.15, 0.2) is 0 Å². The Hall–Kier alpha value is -0.340. The highest BCUT2D eigenvalue weighted by atomic mass is 32.1. The van der Waals surface area contributed by atoms with Gasteiger partial charge in [0.2, 0.25) is 0 Å². The van der Waals surface area contributed by atoms with Gasteiger partial charge in [0, 0.05) is 21.8 Å². The molecule has 2 rings (SSSR count). The van der Waals surface area contributed by atoms with Gasteiger partial charge in [-0.2, -0.15) is 0 Å². The van der Waals surface area contributed by atoms with Crippen molar-refractivity contribution in [2.45, 2.75) is 65.5 Å². The fourth-order valence-electron chi connectivity index (χ4n) is 2.95. The Morgan fingerprint density at radius 1 is 1.24 bits per heavy atom. The summed E-state index contributed by atoms with van der Waals surface area (Å²) in [6.07, 6.45) is 5.50. The van der Waals surface area contributed by atoms with Crippen LogP contribution in [-0.2, 0) is 0 Å². The van der Waals surface area contributed by atoms with Gasteiger partial charge in [-0.15, -0.1) is 11.3 Å². The van der Waals surface area contributed by atoms with Crippen LogP contribution in [0.4, 0.5) is 0 Å². The van der Waals surface area contributed by atoms with Gasteiger partial charge in [-0.3, -0.25) is 0 Å². The highest BCUT2D eigenvalue weighted by molar-refractivity contribution is 7.12. The van der Waals surface area contributed by atoms with E-state index in [2.05, 4.69) is 39.1 Å². The van der Waals surface area contributed by atoms with E-state index >= 15 is 0 Å². The molecule has 96 valence electrons. The van der Waals surface area contributed by atoms with Crippen molar-refractivity contribution in [2.75, 3.05) is 0 Å². The quantitative estimate of drug-likeness (QED) is 0.828. The van der Waals surface area contributed by atoms with E-state index < -0.39 is 0 Å². The van der Waals surface area contributed by atoms with Crippen molar-refractivity contribution < 1.29 is 0 Å². The van der Waals surface area contributed by atoms with Crippen molar-refractivity contribution in [3.8, 4) is 0 Å². The average molecular weight is 251 g/mol. The van der Waals surface area contributed by atoms with Crippen molar-refractivity contribution in [1.29, 1.82) is 0 Å². The van der Waals surface area contributed by atoms with Gasteiger partial charge in [0.05, 0.1) is 0 Å².